The van der Waals surface area contributed by atoms with Crippen molar-refractivity contribution in [2.45, 2.75) is 10.6 Å². The highest BCUT2D eigenvalue weighted by Gasteiger charge is 2.07. The van der Waals surface area contributed by atoms with Crippen LogP contribution in [0.1, 0.15) is 5.56 Å². The van der Waals surface area contributed by atoms with E-state index < -0.39 is 0 Å². The summed E-state index contributed by atoms with van der Waals surface area (Å²) in [6.07, 6.45) is 0. The number of fused-ring (bicyclic) bond motifs is 1. The summed E-state index contributed by atoms with van der Waals surface area (Å²) in [6, 6.07) is 16.5. The van der Waals surface area contributed by atoms with Crippen LogP contribution in [0.2, 0.25) is 0 Å². The second-order valence-electron chi connectivity index (χ2n) is 4.58. The first-order valence-corrected chi connectivity index (χ1v) is 7.48. The lowest BCUT2D eigenvalue weighted by Crippen LogP contribution is -2.11. The fraction of sp³-hybridized carbons (Fsp3) is 0.0625. The van der Waals surface area contributed by atoms with Gasteiger partial charge in [-0.15, -0.1) is 11.8 Å². The van der Waals surface area contributed by atoms with Gasteiger partial charge in [-0.1, -0.05) is 24.3 Å². The zero-order valence-corrected chi connectivity index (χ0v) is 12.0. The van der Waals surface area contributed by atoms with E-state index >= 15 is 0 Å². The number of rotatable bonds is 4. The minimum Gasteiger partial charge on any atom is -0.308 e. The van der Waals surface area contributed by atoms with Crippen molar-refractivity contribution in [2.24, 2.45) is 5.84 Å². The van der Waals surface area contributed by atoms with E-state index in [0.29, 0.717) is 11.6 Å². The number of nitrogens with zero attached hydrogens (tertiary/aromatic N) is 1. The van der Waals surface area contributed by atoms with E-state index in [1.54, 1.807) is 17.8 Å². The average molecular weight is 299 g/mol. The van der Waals surface area contributed by atoms with Gasteiger partial charge in [-0.2, -0.15) is 0 Å². The molecule has 0 spiro atoms. The predicted molar refractivity (Wildman–Crippen MR) is 85.5 cm³/mol. The number of nitrogens with two attached hydrogens (primary N) is 1. The Morgan fingerprint density at radius 1 is 1.10 bits per heavy atom. The Hall–Kier alpha value is -2.11. The minimum atomic E-state index is -0.228. The quantitative estimate of drug-likeness (QED) is 0.435. The Bertz CT molecular complexity index is 776. The van der Waals surface area contributed by atoms with Crippen LogP contribution in [0.5, 0.6) is 0 Å². The lowest BCUT2D eigenvalue weighted by molar-refractivity contribution is 0.624. The predicted octanol–water partition coefficient (Wildman–Crippen LogP) is 3.95. The van der Waals surface area contributed by atoms with Gasteiger partial charge in [0, 0.05) is 21.6 Å². The first-order chi connectivity index (χ1) is 10.3. The summed E-state index contributed by atoms with van der Waals surface area (Å²) in [5.74, 6) is 6.64. The number of hydrogen-bond donors (Lipinski definition) is 2. The number of hydrogen-bond acceptors (Lipinski definition) is 4. The number of halogens is 1. The van der Waals surface area contributed by atoms with E-state index in [4.69, 9.17) is 5.84 Å². The first-order valence-electron chi connectivity index (χ1n) is 6.50. The maximum Gasteiger partial charge on any atom is 0.144 e. The molecular formula is C16H14FN3S. The molecule has 0 bridgehead atoms. The Morgan fingerprint density at radius 2 is 1.95 bits per heavy atom. The third-order valence-corrected chi connectivity index (χ3v) is 4.17. The number of hydrazine groups is 1. The number of aromatic nitrogens is 1. The summed E-state index contributed by atoms with van der Waals surface area (Å²) >= 11 is 1.55. The summed E-state index contributed by atoms with van der Waals surface area (Å²) in [5.41, 5.74) is 4.52. The van der Waals surface area contributed by atoms with Crippen LogP contribution >= 0.6 is 11.8 Å². The van der Waals surface area contributed by atoms with Crippen molar-refractivity contribution in [3.63, 3.8) is 0 Å². The van der Waals surface area contributed by atoms with Crippen LogP contribution in [-0.2, 0) is 5.75 Å². The number of para-hydroxylation sites is 1. The highest BCUT2D eigenvalue weighted by molar-refractivity contribution is 7.98. The number of nitrogen functional groups attached to an aromatic ring is 1. The molecule has 106 valence electrons. The molecular weight excluding hydrogens is 285 g/mol. The fourth-order valence-electron chi connectivity index (χ4n) is 2.11. The molecule has 3 aromatic rings. The molecule has 0 aliphatic rings. The molecule has 0 radical (unpaired) electrons. The molecule has 0 saturated heterocycles. The summed E-state index contributed by atoms with van der Waals surface area (Å²) in [6.45, 7) is 0. The second-order valence-corrected chi connectivity index (χ2v) is 5.63. The van der Waals surface area contributed by atoms with Crippen molar-refractivity contribution < 1.29 is 4.39 Å². The Morgan fingerprint density at radius 3 is 2.76 bits per heavy atom. The minimum absolute atomic E-state index is 0.228. The normalized spacial score (nSPS) is 10.8. The van der Waals surface area contributed by atoms with E-state index in [-0.39, 0.29) is 5.82 Å². The van der Waals surface area contributed by atoms with E-state index in [9.17, 15) is 4.39 Å². The smallest absolute Gasteiger partial charge is 0.144 e. The SMILES string of the molecule is NNc1nc2ccccc2cc1CSc1cccc(F)c1. The van der Waals surface area contributed by atoms with Crippen molar-refractivity contribution in [3.05, 3.63) is 66.0 Å². The van der Waals surface area contributed by atoms with Crippen molar-refractivity contribution in [1.82, 2.24) is 4.98 Å². The van der Waals surface area contributed by atoms with Crippen molar-refractivity contribution in [1.29, 1.82) is 0 Å². The summed E-state index contributed by atoms with van der Waals surface area (Å²) < 4.78 is 13.2. The van der Waals surface area contributed by atoms with Gasteiger partial charge in [-0.25, -0.2) is 15.2 Å². The third kappa shape index (κ3) is 3.15. The summed E-state index contributed by atoms with van der Waals surface area (Å²) in [5, 5.41) is 1.06. The zero-order valence-electron chi connectivity index (χ0n) is 11.2. The topological polar surface area (TPSA) is 50.9 Å². The Labute approximate surface area is 126 Å². The van der Waals surface area contributed by atoms with Gasteiger partial charge >= 0.3 is 0 Å². The lowest BCUT2D eigenvalue weighted by Gasteiger charge is -2.10. The molecule has 3 N–H and O–H groups in total. The van der Waals surface area contributed by atoms with Crippen molar-refractivity contribution in [2.75, 3.05) is 5.43 Å². The van der Waals surface area contributed by atoms with E-state index in [2.05, 4.69) is 16.5 Å². The molecule has 0 aliphatic carbocycles. The van der Waals surface area contributed by atoms with Crippen LogP contribution in [0, 0.1) is 5.82 Å². The zero-order chi connectivity index (χ0) is 14.7. The third-order valence-electron chi connectivity index (χ3n) is 3.13. The maximum absolute atomic E-state index is 13.2. The van der Waals surface area contributed by atoms with Crippen LogP contribution in [0.3, 0.4) is 0 Å². The summed E-state index contributed by atoms with van der Waals surface area (Å²) in [7, 11) is 0. The molecule has 0 unspecified atom stereocenters. The van der Waals surface area contributed by atoms with Gasteiger partial charge in [0.1, 0.15) is 11.6 Å². The second kappa shape index (κ2) is 6.11. The highest BCUT2D eigenvalue weighted by atomic mass is 32.2. The number of benzene rings is 2. The molecule has 21 heavy (non-hydrogen) atoms. The molecule has 3 rings (SSSR count). The van der Waals surface area contributed by atoms with Gasteiger partial charge in [0.25, 0.3) is 0 Å². The van der Waals surface area contributed by atoms with E-state index in [1.165, 1.54) is 12.1 Å². The maximum atomic E-state index is 13.2. The number of pyridine rings is 1. The molecule has 1 heterocycles. The lowest BCUT2D eigenvalue weighted by atomic mass is 10.1. The first kappa shape index (κ1) is 13.9. The molecule has 2 aromatic carbocycles. The van der Waals surface area contributed by atoms with Gasteiger partial charge in [0.15, 0.2) is 0 Å². The van der Waals surface area contributed by atoms with Gasteiger partial charge in [0.2, 0.25) is 0 Å². The van der Waals surface area contributed by atoms with Crippen molar-refractivity contribution in [3.8, 4) is 0 Å². The molecule has 0 aliphatic heterocycles. The number of anilines is 1. The Kier molecular flexibility index (Phi) is 4.03. The highest BCUT2D eigenvalue weighted by Crippen LogP contribution is 2.28. The van der Waals surface area contributed by atoms with E-state index in [1.807, 2.05) is 30.3 Å². The van der Waals surface area contributed by atoms with Gasteiger partial charge in [0.05, 0.1) is 5.52 Å². The standard InChI is InChI=1S/C16H14FN3S/c17-13-5-3-6-14(9-13)21-10-12-8-11-4-1-2-7-15(11)19-16(12)20-18/h1-9H,10,18H2,(H,19,20). The number of nitrogens with one attached hydrogen (secondary N) is 1. The number of thioether (sulfide) groups is 1. The van der Waals surface area contributed by atoms with Crippen molar-refractivity contribution >= 4 is 28.5 Å². The molecule has 3 nitrogen and oxygen atoms in total. The van der Waals surface area contributed by atoms with Crippen LogP contribution in [0.4, 0.5) is 10.2 Å². The van der Waals surface area contributed by atoms with Gasteiger partial charge in [-0.3, -0.25) is 0 Å². The van der Waals surface area contributed by atoms with Crippen LogP contribution in [0.25, 0.3) is 10.9 Å². The van der Waals surface area contributed by atoms with Gasteiger partial charge in [-0.05, 0) is 30.3 Å². The Balaban J connectivity index is 1.88. The summed E-state index contributed by atoms with van der Waals surface area (Å²) in [4.78, 5) is 5.38. The average Bonchev–Trinajstić information content (AvgIpc) is 2.52. The molecule has 0 fully saturated rings. The van der Waals surface area contributed by atoms with E-state index in [0.717, 1.165) is 21.4 Å². The van der Waals surface area contributed by atoms with Gasteiger partial charge < -0.3 is 5.43 Å². The largest absolute Gasteiger partial charge is 0.308 e. The molecule has 5 heteroatoms. The molecule has 1 aromatic heterocycles. The van der Waals surface area contributed by atoms with Crippen LogP contribution < -0.4 is 11.3 Å². The molecule has 0 amide bonds. The van der Waals surface area contributed by atoms with Crippen LogP contribution in [0.15, 0.2) is 59.5 Å². The van der Waals surface area contributed by atoms with Crippen LogP contribution in [-0.4, -0.2) is 4.98 Å². The molecule has 0 atom stereocenters. The molecule has 0 saturated carbocycles. The monoisotopic (exact) mass is 299 g/mol. The fourth-order valence-corrected chi connectivity index (χ4v) is 3.03.